The van der Waals surface area contributed by atoms with E-state index in [-0.39, 0.29) is 18.4 Å². The number of carbonyl (C=O) groups excluding carboxylic acids is 1. The van der Waals surface area contributed by atoms with E-state index in [9.17, 15) is 9.59 Å². The molecule has 4 nitrogen and oxygen atoms in total. The molecule has 0 bridgehead atoms. The molecule has 20 heavy (non-hydrogen) atoms. The SMILES string of the molecule is CC(CCCC(=O)O)NC(=O)c1ccc2c(c1)CCC2. The van der Waals surface area contributed by atoms with Crippen LogP contribution in [0, 0.1) is 0 Å². The molecule has 108 valence electrons. The number of carboxylic acids is 1. The Kier molecular flexibility index (Phi) is 4.77. The van der Waals surface area contributed by atoms with Gasteiger partial charge in [-0.1, -0.05) is 6.07 Å². The fraction of sp³-hybridized carbons (Fsp3) is 0.500. The van der Waals surface area contributed by atoms with Gasteiger partial charge in [-0.05, 0) is 62.3 Å². The van der Waals surface area contributed by atoms with Crippen molar-refractivity contribution in [3.05, 3.63) is 34.9 Å². The zero-order valence-corrected chi connectivity index (χ0v) is 11.8. The monoisotopic (exact) mass is 275 g/mol. The number of amides is 1. The topological polar surface area (TPSA) is 66.4 Å². The number of aryl methyl sites for hydroxylation is 2. The second kappa shape index (κ2) is 6.55. The van der Waals surface area contributed by atoms with Crippen molar-refractivity contribution in [2.45, 2.75) is 51.5 Å². The van der Waals surface area contributed by atoms with Crippen LogP contribution < -0.4 is 5.32 Å². The highest BCUT2D eigenvalue weighted by Gasteiger charge is 2.15. The van der Waals surface area contributed by atoms with E-state index in [0.717, 1.165) is 12.8 Å². The number of benzene rings is 1. The van der Waals surface area contributed by atoms with E-state index in [1.165, 1.54) is 17.5 Å². The molecule has 1 amide bonds. The second-order valence-corrected chi connectivity index (χ2v) is 5.50. The summed E-state index contributed by atoms with van der Waals surface area (Å²) in [6, 6.07) is 5.91. The first kappa shape index (κ1) is 14.6. The van der Waals surface area contributed by atoms with Gasteiger partial charge < -0.3 is 10.4 Å². The number of hydrogen-bond donors (Lipinski definition) is 2. The molecule has 1 aliphatic carbocycles. The summed E-state index contributed by atoms with van der Waals surface area (Å²) >= 11 is 0. The van der Waals surface area contributed by atoms with Crippen LogP contribution in [0.2, 0.25) is 0 Å². The molecule has 1 aromatic carbocycles. The number of aliphatic carboxylic acids is 1. The molecular weight excluding hydrogens is 254 g/mol. The van der Waals surface area contributed by atoms with Gasteiger partial charge in [0.25, 0.3) is 5.91 Å². The van der Waals surface area contributed by atoms with E-state index < -0.39 is 5.97 Å². The van der Waals surface area contributed by atoms with Gasteiger partial charge in [0.05, 0.1) is 0 Å². The second-order valence-electron chi connectivity index (χ2n) is 5.50. The van der Waals surface area contributed by atoms with Gasteiger partial charge >= 0.3 is 5.97 Å². The Morgan fingerprint density at radius 2 is 2.05 bits per heavy atom. The quantitative estimate of drug-likeness (QED) is 0.838. The molecule has 0 fully saturated rings. The zero-order valence-electron chi connectivity index (χ0n) is 11.8. The van der Waals surface area contributed by atoms with Crippen molar-refractivity contribution in [3.63, 3.8) is 0 Å². The number of hydrogen-bond acceptors (Lipinski definition) is 2. The normalized spacial score (nSPS) is 14.7. The van der Waals surface area contributed by atoms with Gasteiger partial charge in [-0.3, -0.25) is 9.59 Å². The van der Waals surface area contributed by atoms with Crippen molar-refractivity contribution in [1.29, 1.82) is 0 Å². The molecule has 1 aliphatic rings. The largest absolute Gasteiger partial charge is 0.481 e. The minimum Gasteiger partial charge on any atom is -0.481 e. The Labute approximate surface area is 119 Å². The Bertz CT molecular complexity index is 510. The van der Waals surface area contributed by atoms with Crippen LogP contribution in [0.25, 0.3) is 0 Å². The molecule has 1 aromatic rings. The van der Waals surface area contributed by atoms with Crippen molar-refractivity contribution in [2.24, 2.45) is 0 Å². The molecule has 0 saturated carbocycles. The van der Waals surface area contributed by atoms with Gasteiger partial charge in [0.15, 0.2) is 0 Å². The fourth-order valence-electron chi connectivity index (χ4n) is 2.65. The molecule has 0 aliphatic heterocycles. The lowest BCUT2D eigenvalue weighted by Crippen LogP contribution is -2.32. The van der Waals surface area contributed by atoms with Gasteiger partial charge in [0, 0.05) is 18.0 Å². The highest BCUT2D eigenvalue weighted by Crippen LogP contribution is 2.22. The summed E-state index contributed by atoms with van der Waals surface area (Å²) < 4.78 is 0. The van der Waals surface area contributed by atoms with Gasteiger partial charge in [0.2, 0.25) is 0 Å². The molecule has 1 atom stereocenters. The van der Waals surface area contributed by atoms with Crippen molar-refractivity contribution < 1.29 is 14.7 Å². The van der Waals surface area contributed by atoms with E-state index in [1.54, 1.807) is 0 Å². The smallest absolute Gasteiger partial charge is 0.303 e. The molecule has 0 heterocycles. The van der Waals surface area contributed by atoms with Crippen LogP contribution in [-0.2, 0) is 17.6 Å². The summed E-state index contributed by atoms with van der Waals surface area (Å²) in [4.78, 5) is 22.6. The van der Waals surface area contributed by atoms with Crippen LogP contribution in [0.5, 0.6) is 0 Å². The van der Waals surface area contributed by atoms with E-state index in [4.69, 9.17) is 5.11 Å². The number of carbonyl (C=O) groups is 2. The molecular formula is C16H21NO3. The first-order valence-electron chi connectivity index (χ1n) is 7.20. The van der Waals surface area contributed by atoms with Crippen LogP contribution in [0.4, 0.5) is 0 Å². The Hall–Kier alpha value is -1.84. The Morgan fingerprint density at radius 3 is 2.80 bits per heavy atom. The van der Waals surface area contributed by atoms with E-state index in [2.05, 4.69) is 5.32 Å². The minimum atomic E-state index is -0.790. The third-order valence-corrected chi connectivity index (χ3v) is 3.77. The van der Waals surface area contributed by atoms with Crippen molar-refractivity contribution in [2.75, 3.05) is 0 Å². The molecule has 0 radical (unpaired) electrons. The van der Waals surface area contributed by atoms with Crippen molar-refractivity contribution in [1.82, 2.24) is 5.32 Å². The van der Waals surface area contributed by atoms with Crippen LogP contribution in [-0.4, -0.2) is 23.0 Å². The molecule has 4 heteroatoms. The molecule has 2 N–H and O–H groups in total. The summed E-state index contributed by atoms with van der Waals surface area (Å²) in [7, 11) is 0. The molecule has 0 aromatic heterocycles. The molecule has 0 saturated heterocycles. The van der Waals surface area contributed by atoms with Crippen LogP contribution in [0.15, 0.2) is 18.2 Å². The summed E-state index contributed by atoms with van der Waals surface area (Å²) in [5.74, 6) is -0.857. The Balaban J connectivity index is 1.86. The number of carboxylic acid groups (broad SMARTS) is 1. The number of fused-ring (bicyclic) bond motifs is 1. The number of nitrogens with one attached hydrogen (secondary N) is 1. The maximum Gasteiger partial charge on any atom is 0.303 e. The van der Waals surface area contributed by atoms with E-state index in [1.807, 2.05) is 25.1 Å². The summed E-state index contributed by atoms with van der Waals surface area (Å²) in [5, 5.41) is 11.5. The van der Waals surface area contributed by atoms with Crippen LogP contribution in [0.1, 0.15) is 54.1 Å². The molecule has 0 spiro atoms. The van der Waals surface area contributed by atoms with Crippen molar-refractivity contribution >= 4 is 11.9 Å². The van der Waals surface area contributed by atoms with E-state index in [0.29, 0.717) is 18.4 Å². The van der Waals surface area contributed by atoms with Gasteiger partial charge in [-0.2, -0.15) is 0 Å². The maximum absolute atomic E-state index is 12.1. The highest BCUT2D eigenvalue weighted by atomic mass is 16.4. The van der Waals surface area contributed by atoms with Crippen molar-refractivity contribution in [3.8, 4) is 0 Å². The standard InChI is InChI=1S/C16H21NO3/c1-11(4-2-7-15(18)19)17-16(20)14-9-8-12-5-3-6-13(12)10-14/h8-11H,2-7H2,1H3,(H,17,20)(H,18,19). The number of rotatable bonds is 6. The third-order valence-electron chi connectivity index (χ3n) is 3.77. The van der Waals surface area contributed by atoms with Gasteiger partial charge in [-0.25, -0.2) is 0 Å². The molecule has 1 unspecified atom stereocenters. The van der Waals surface area contributed by atoms with Gasteiger partial charge in [0.1, 0.15) is 0 Å². The third kappa shape index (κ3) is 3.83. The lowest BCUT2D eigenvalue weighted by atomic mass is 10.1. The first-order valence-corrected chi connectivity index (χ1v) is 7.20. The van der Waals surface area contributed by atoms with Crippen LogP contribution in [0.3, 0.4) is 0 Å². The average molecular weight is 275 g/mol. The fourth-order valence-corrected chi connectivity index (χ4v) is 2.65. The summed E-state index contributed by atoms with van der Waals surface area (Å²) in [6.45, 7) is 1.91. The minimum absolute atomic E-state index is 0.00453. The van der Waals surface area contributed by atoms with Crippen LogP contribution >= 0.6 is 0 Å². The predicted octanol–water partition coefficient (Wildman–Crippen LogP) is 2.55. The lowest BCUT2D eigenvalue weighted by Gasteiger charge is -2.14. The molecule has 2 rings (SSSR count). The summed E-state index contributed by atoms with van der Waals surface area (Å²) in [5.41, 5.74) is 3.35. The Morgan fingerprint density at radius 1 is 1.30 bits per heavy atom. The highest BCUT2D eigenvalue weighted by molar-refractivity contribution is 5.94. The zero-order chi connectivity index (χ0) is 14.5. The van der Waals surface area contributed by atoms with Gasteiger partial charge in [-0.15, -0.1) is 0 Å². The first-order chi connectivity index (χ1) is 9.56. The van der Waals surface area contributed by atoms with E-state index >= 15 is 0 Å². The average Bonchev–Trinajstić information content (AvgIpc) is 2.85. The maximum atomic E-state index is 12.1. The lowest BCUT2D eigenvalue weighted by molar-refractivity contribution is -0.137. The predicted molar refractivity (Wildman–Crippen MR) is 76.9 cm³/mol. The summed E-state index contributed by atoms with van der Waals surface area (Å²) in [6.07, 6.45) is 4.77.